The molecular weight excluding hydrogens is 104 g/mol. The van der Waals surface area contributed by atoms with Crippen molar-refractivity contribution in [2.75, 3.05) is 13.2 Å². The summed E-state index contributed by atoms with van der Waals surface area (Å²) in [5.74, 6) is 4.87. The SMILES string of the molecule is NOCC1CCCN1. The number of hydrogen-bond acceptors (Lipinski definition) is 3. The number of nitrogens with two attached hydrogens (primary N) is 1. The summed E-state index contributed by atoms with van der Waals surface area (Å²) < 4.78 is 0. The Kier molecular flexibility index (Phi) is 2.27. The summed E-state index contributed by atoms with van der Waals surface area (Å²) >= 11 is 0. The van der Waals surface area contributed by atoms with Crippen molar-refractivity contribution in [3.05, 3.63) is 0 Å². The zero-order valence-corrected chi connectivity index (χ0v) is 4.89. The average molecular weight is 116 g/mol. The van der Waals surface area contributed by atoms with Crippen molar-refractivity contribution in [2.24, 2.45) is 5.90 Å². The molecule has 0 amide bonds. The summed E-state index contributed by atoms with van der Waals surface area (Å²) in [6.07, 6.45) is 2.46. The largest absolute Gasteiger partial charge is 0.312 e. The molecule has 1 atom stereocenters. The number of rotatable bonds is 2. The second-order valence-electron chi connectivity index (χ2n) is 2.13. The van der Waals surface area contributed by atoms with Crippen molar-refractivity contribution in [2.45, 2.75) is 18.9 Å². The van der Waals surface area contributed by atoms with Crippen molar-refractivity contribution >= 4 is 0 Å². The lowest BCUT2D eigenvalue weighted by molar-refractivity contribution is 0.119. The lowest BCUT2D eigenvalue weighted by Crippen LogP contribution is -2.27. The predicted molar refractivity (Wildman–Crippen MR) is 31.2 cm³/mol. The minimum Gasteiger partial charge on any atom is -0.312 e. The third-order valence-corrected chi connectivity index (χ3v) is 1.46. The first-order valence-corrected chi connectivity index (χ1v) is 2.98. The lowest BCUT2D eigenvalue weighted by atomic mass is 10.2. The molecule has 0 bridgehead atoms. The molecule has 0 aliphatic carbocycles. The maximum absolute atomic E-state index is 4.87. The van der Waals surface area contributed by atoms with Gasteiger partial charge in [-0.2, -0.15) is 0 Å². The van der Waals surface area contributed by atoms with E-state index in [4.69, 9.17) is 5.90 Å². The molecule has 1 fully saturated rings. The van der Waals surface area contributed by atoms with Crippen LogP contribution in [0.1, 0.15) is 12.8 Å². The van der Waals surface area contributed by atoms with Crippen LogP contribution in [-0.2, 0) is 4.84 Å². The van der Waals surface area contributed by atoms with Crippen LogP contribution in [-0.4, -0.2) is 19.2 Å². The molecule has 1 unspecified atom stereocenters. The van der Waals surface area contributed by atoms with E-state index < -0.39 is 0 Å². The molecule has 1 rings (SSSR count). The summed E-state index contributed by atoms with van der Waals surface area (Å²) in [5, 5.41) is 3.25. The normalized spacial score (nSPS) is 28.9. The van der Waals surface area contributed by atoms with Crippen LogP contribution in [0.4, 0.5) is 0 Å². The van der Waals surface area contributed by atoms with Gasteiger partial charge >= 0.3 is 0 Å². The van der Waals surface area contributed by atoms with Gasteiger partial charge in [-0.1, -0.05) is 0 Å². The molecule has 0 aromatic rings. The fourth-order valence-electron chi connectivity index (χ4n) is 1.02. The molecule has 0 radical (unpaired) electrons. The van der Waals surface area contributed by atoms with Crippen LogP contribution in [0.5, 0.6) is 0 Å². The van der Waals surface area contributed by atoms with Crippen molar-refractivity contribution in [1.82, 2.24) is 5.32 Å². The Labute approximate surface area is 49.2 Å². The Hall–Kier alpha value is -0.120. The summed E-state index contributed by atoms with van der Waals surface area (Å²) in [4.78, 5) is 4.46. The second-order valence-corrected chi connectivity index (χ2v) is 2.13. The van der Waals surface area contributed by atoms with Crippen LogP contribution >= 0.6 is 0 Å². The Morgan fingerprint density at radius 3 is 3.12 bits per heavy atom. The Balaban J connectivity index is 2.06. The minimum absolute atomic E-state index is 0.514. The van der Waals surface area contributed by atoms with E-state index in [9.17, 15) is 0 Å². The first-order valence-electron chi connectivity index (χ1n) is 2.98. The topological polar surface area (TPSA) is 47.3 Å². The number of nitrogens with one attached hydrogen (secondary N) is 1. The Morgan fingerprint density at radius 2 is 2.62 bits per heavy atom. The molecule has 3 N–H and O–H groups in total. The molecule has 3 heteroatoms. The van der Waals surface area contributed by atoms with Gasteiger partial charge in [-0.15, -0.1) is 0 Å². The van der Waals surface area contributed by atoms with Crippen LogP contribution in [0.15, 0.2) is 0 Å². The fraction of sp³-hybridized carbons (Fsp3) is 1.00. The highest BCUT2D eigenvalue weighted by atomic mass is 16.6. The van der Waals surface area contributed by atoms with Crippen molar-refractivity contribution in [3.8, 4) is 0 Å². The molecule has 8 heavy (non-hydrogen) atoms. The molecule has 1 aliphatic heterocycles. The highest BCUT2D eigenvalue weighted by Gasteiger charge is 2.12. The van der Waals surface area contributed by atoms with Gasteiger partial charge in [0.15, 0.2) is 0 Å². The lowest BCUT2D eigenvalue weighted by Gasteiger charge is -2.05. The monoisotopic (exact) mass is 116 g/mol. The Bertz CT molecular complexity index is 61.4. The molecule has 1 aliphatic rings. The third kappa shape index (κ3) is 1.43. The average Bonchev–Trinajstić information content (AvgIpc) is 2.19. The smallest absolute Gasteiger partial charge is 0.0832 e. The predicted octanol–water partition coefficient (Wildman–Crippen LogP) is -0.371. The summed E-state index contributed by atoms with van der Waals surface area (Å²) in [6.45, 7) is 1.77. The van der Waals surface area contributed by atoms with Crippen LogP contribution in [0, 0.1) is 0 Å². The van der Waals surface area contributed by atoms with Crippen LogP contribution in [0.25, 0.3) is 0 Å². The first-order chi connectivity index (χ1) is 3.93. The summed E-state index contributed by atoms with van der Waals surface area (Å²) in [5.41, 5.74) is 0. The highest BCUT2D eigenvalue weighted by molar-refractivity contribution is 4.72. The molecule has 0 saturated carbocycles. The summed E-state index contributed by atoms with van der Waals surface area (Å²) in [7, 11) is 0. The maximum atomic E-state index is 4.87. The van der Waals surface area contributed by atoms with Gasteiger partial charge in [-0.25, -0.2) is 5.90 Å². The molecule has 1 saturated heterocycles. The van der Waals surface area contributed by atoms with E-state index in [1.54, 1.807) is 0 Å². The molecule has 3 nitrogen and oxygen atoms in total. The van der Waals surface area contributed by atoms with Gasteiger partial charge in [0.25, 0.3) is 0 Å². The van der Waals surface area contributed by atoms with Gasteiger partial charge < -0.3 is 10.2 Å². The fourth-order valence-corrected chi connectivity index (χ4v) is 1.02. The van der Waals surface area contributed by atoms with E-state index in [2.05, 4.69) is 10.2 Å². The molecule has 0 aromatic heterocycles. The quantitative estimate of drug-likeness (QED) is 0.484. The van der Waals surface area contributed by atoms with Gasteiger partial charge in [0.05, 0.1) is 6.61 Å². The molecule has 48 valence electrons. The van der Waals surface area contributed by atoms with Crippen LogP contribution in [0.2, 0.25) is 0 Å². The maximum Gasteiger partial charge on any atom is 0.0832 e. The highest BCUT2D eigenvalue weighted by Crippen LogP contribution is 2.03. The van der Waals surface area contributed by atoms with E-state index in [1.807, 2.05) is 0 Å². The number of hydrogen-bond donors (Lipinski definition) is 2. The van der Waals surface area contributed by atoms with Crippen molar-refractivity contribution < 1.29 is 4.84 Å². The van der Waals surface area contributed by atoms with E-state index in [-0.39, 0.29) is 0 Å². The van der Waals surface area contributed by atoms with Crippen LogP contribution in [0.3, 0.4) is 0 Å². The third-order valence-electron chi connectivity index (χ3n) is 1.46. The van der Waals surface area contributed by atoms with Crippen molar-refractivity contribution in [3.63, 3.8) is 0 Å². The zero-order chi connectivity index (χ0) is 5.82. The summed E-state index contributed by atoms with van der Waals surface area (Å²) in [6, 6.07) is 0.514. The molecule has 1 heterocycles. The molecule has 0 spiro atoms. The van der Waals surface area contributed by atoms with Gasteiger partial charge in [0.2, 0.25) is 0 Å². The van der Waals surface area contributed by atoms with Gasteiger partial charge in [-0.3, -0.25) is 0 Å². The van der Waals surface area contributed by atoms with Crippen LogP contribution < -0.4 is 11.2 Å². The zero-order valence-electron chi connectivity index (χ0n) is 4.89. The standard InChI is InChI=1S/C5H12N2O/c6-8-4-5-2-1-3-7-5/h5,7H,1-4,6H2. The van der Waals surface area contributed by atoms with Crippen molar-refractivity contribution in [1.29, 1.82) is 0 Å². The van der Waals surface area contributed by atoms with Gasteiger partial charge in [-0.05, 0) is 19.4 Å². The van der Waals surface area contributed by atoms with E-state index in [0.29, 0.717) is 12.6 Å². The van der Waals surface area contributed by atoms with Gasteiger partial charge in [0, 0.05) is 6.04 Å². The minimum atomic E-state index is 0.514. The Morgan fingerprint density at radius 1 is 1.75 bits per heavy atom. The van der Waals surface area contributed by atoms with E-state index in [1.165, 1.54) is 12.8 Å². The second kappa shape index (κ2) is 3.02. The molecule has 0 aromatic carbocycles. The molecular formula is C5H12N2O. The van der Waals surface area contributed by atoms with E-state index in [0.717, 1.165) is 6.54 Å². The van der Waals surface area contributed by atoms with Gasteiger partial charge in [0.1, 0.15) is 0 Å². The first kappa shape index (κ1) is 6.01. The van der Waals surface area contributed by atoms with E-state index >= 15 is 0 Å².